The number of hydrogen-bond acceptors (Lipinski definition) is 6. The molecule has 7 heteroatoms. The van der Waals surface area contributed by atoms with Crippen LogP contribution in [0.15, 0.2) is 12.1 Å². The zero-order valence-electron chi connectivity index (χ0n) is 11.7. The molecule has 0 bridgehead atoms. The molecule has 1 aromatic rings. The number of carbonyl (C=O) groups excluding carboxylic acids is 1. The maximum Gasteiger partial charge on any atom is 0.251 e. The summed E-state index contributed by atoms with van der Waals surface area (Å²) < 4.78 is 0. The van der Waals surface area contributed by atoms with Crippen LogP contribution in [0.4, 0.5) is 5.82 Å². The van der Waals surface area contributed by atoms with Gasteiger partial charge in [0.1, 0.15) is 5.82 Å². The largest absolute Gasteiger partial charge is 0.351 e. The van der Waals surface area contributed by atoms with Crippen LogP contribution in [0, 0.1) is 6.92 Å². The molecule has 0 saturated carbocycles. The van der Waals surface area contributed by atoms with Gasteiger partial charge in [-0.1, -0.05) is 0 Å². The predicted molar refractivity (Wildman–Crippen MR) is 82.9 cm³/mol. The van der Waals surface area contributed by atoms with E-state index in [1.54, 1.807) is 12.1 Å². The average molecular weight is 295 g/mol. The van der Waals surface area contributed by atoms with Gasteiger partial charge in [0.25, 0.3) is 5.91 Å². The van der Waals surface area contributed by atoms with Gasteiger partial charge >= 0.3 is 0 Å². The third-order valence-electron chi connectivity index (χ3n) is 3.18. The van der Waals surface area contributed by atoms with E-state index in [4.69, 9.17) is 5.84 Å². The number of nitrogens with one attached hydrogen (secondary N) is 2. The number of aromatic nitrogens is 1. The lowest BCUT2D eigenvalue weighted by Crippen LogP contribution is -2.39. The van der Waals surface area contributed by atoms with E-state index in [2.05, 4.69) is 20.6 Å². The van der Waals surface area contributed by atoms with Crippen LogP contribution < -0.4 is 16.6 Å². The number of nitrogen functional groups attached to an aromatic ring is 1. The highest BCUT2D eigenvalue weighted by molar-refractivity contribution is 7.99. The third kappa shape index (κ3) is 4.36. The summed E-state index contributed by atoms with van der Waals surface area (Å²) in [6, 6.07) is 3.41. The standard InChI is InChI=1S/C13H21N5OS/c1-10-8-11(9-12(16-10)17-14)13(19)15-2-3-18-4-6-20-7-5-18/h8-9H,2-7,14H2,1H3,(H,15,19)(H,16,17). The van der Waals surface area contributed by atoms with Crippen molar-refractivity contribution in [1.29, 1.82) is 0 Å². The molecule has 4 N–H and O–H groups in total. The number of amides is 1. The number of carbonyl (C=O) groups is 1. The van der Waals surface area contributed by atoms with E-state index < -0.39 is 0 Å². The summed E-state index contributed by atoms with van der Waals surface area (Å²) in [6.07, 6.45) is 0. The normalized spacial score (nSPS) is 15.9. The van der Waals surface area contributed by atoms with Crippen LogP contribution in [-0.2, 0) is 0 Å². The van der Waals surface area contributed by atoms with Gasteiger partial charge in [-0.15, -0.1) is 0 Å². The van der Waals surface area contributed by atoms with E-state index >= 15 is 0 Å². The van der Waals surface area contributed by atoms with Gasteiger partial charge in [-0.25, -0.2) is 10.8 Å². The fraction of sp³-hybridized carbons (Fsp3) is 0.538. The molecule has 110 valence electrons. The lowest BCUT2D eigenvalue weighted by Gasteiger charge is -2.26. The molecule has 0 unspecified atom stereocenters. The number of pyridine rings is 1. The minimum Gasteiger partial charge on any atom is -0.351 e. The van der Waals surface area contributed by atoms with Gasteiger partial charge in [0.05, 0.1) is 0 Å². The molecule has 0 aliphatic carbocycles. The van der Waals surface area contributed by atoms with Crippen molar-refractivity contribution in [3.8, 4) is 0 Å². The quantitative estimate of drug-likeness (QED) is 0.540. The first-order valence-corrected chi connectivity index (χ1v) is 7.88. The van der Waals surface area contributed by atoms with Crippen molar-refractivity contribution < 1.29 is 4.79 Å². The van der Waals surface area contributed by atoms with Crippen LogP contribution in [0.5, 0.6) is 0 Å². The molecule has 0 radical (unpaired) electrons. The number of anilines is 1. The Labute approximate surface area is 123 Å². The summed E-state index contributed by atoms with van der Waals surface area (Å²) in [4.78, 5) is 18.6. The van der Waals surface area contributed by atoms with Crippen LogP contribution in [0.2, 0.25) is 0 Å². The van der Waals surface area contributed by atoms with Gasteiger partial charge < -0.3 is 10.7 Å². The van der Waals surface area contributed by atoms with Crippen LogP contribution in [-0.4, -0.2) is 53.5 Å². The number of nitrogens with zero attached hydrogens (tertiary/aromatic N) is 2. The molecule has 20 heavy (non-hydrogen) atoms. The van der Waals surface area contributed by atoms with E-state index in [0.717, 1.165) is 25.3 Å². The van der Waals surface area contributed by atoms with Gasteiger partial charge in [-0.3, -0.25) is 9.69 Å². The maximum atomic E-state index is 12.1. The predicted octanol–water partition coefficient (Wildman–Crippen LogP) is 0.454. The Balaban J connectivity index is 1.83. The Morgan fingerprint density at radius 1 is 1.45 bits per heavy atom. The van der Waals surface area contributed by atoms with Crippen molar-refractivity contribution in [2.24, 2.45) is 5.84 Å². The number of hydrazine groups is 1. The van der Waals surface area contributed by atoms with Crippen LogP contribution in [0.1, 0.15) is 16.1 Å². The zero-order valence-corrected chi connectivity index (χ0v) is 12.5. The minimum absolute atomic E-state index is 0.0848. The van der Waals surface area contributed by atoms with Crippen molar-refractivity contribution in [2.45, 2.75) is 6.92 Å². The van der Waals surface area contributed by atoms with E-state index in [1.807, 2.05) is 18.7 Å². The fourth-order valence-electron chi connectivity index (χ4n) is 2.13. The molecule has 1 aromatic heterocycles. The van der Waals surface area contributed by atoms with Gasteiger partial charge in [-0.05, 0) is 19.1 Å². The molecule has 0 aromatic carbocycles. The highest BCUT2D eigenvalue weighted by Crippen LogP contribution is 2.10. The smallest absolute Gasteiger partial charge is 0.251 e. The van der Waals surface area contributed by atoms with E-state index in [9.17, 15) is 4.79 Å². The molecule has 0 spiro atoms. The molecule has 2 heterocycles. The van der Waals surface area contributed by atoms with E-state index in [1.165, 1.54) is 11.5 Å². The van der Waals surface area contributed by atoms with E-state index in [-0.39, 0.29) is 5.91 Å². The lowest BCUT2D eigenvalue weighted by molar-refractivity contribution is 0.0949. The Bertz CT molecular complexity index is 462. The molecule has 1 aliphatic heterocycles. The second-order valence-electron chi connectivity index (χ2n) is 4.74. The molecule has 1 saturated heterocycles. The van der Waals surface area contributed by atoms with Crippen molar-refractivity contribution in [3.05, 3.63) is 23.4 Å². The van der Waals surface area contributed by atoms with E-state index in [0.29, 0.717) is 17.9 Å². The van der Waals surface area contributed by atoms with Crippen molar-refractivity contribution in [1.82, 2.24) is 15.2 Å². The highest BCUT2D eigenvalue weighted by atomic mass is 32.2. The lowest BCUT2D eigenvalue weighted by atomic mass is 10.2. The summed E-state index contributed by atoms with van der Waals surface area (Å²) in [5, 5.41) is 2.94. The van der Waals surface area contributed by atoms with Crippen molar-refractivity contribution >= 4 is 23.5 Å². The highest BCUT2D eigenvalue weighted by Gasteiger charge is 2.11. The minimum atomic E-state index is -0.0848. The maximum absolute atomic E-state index is 12.1. The van der Waals surface area contributed by atoms with Crippen LogP contribution in [0.25, 0.3) is 0 Å². The number of hydrogen-bond donors (Lipinski definition) is 3. The first-order chi connectivity index (χ1) is 9.69. The third-order valence-corrected chi connectivity index (χ3v) is 4.12. The molecule has 1 fully saturated rings. The molecule has 1 amide bonds. The van der Waals surface area contributed by atoms with Crippen LogP contribution >= 0.6 is 11.8 Å². The first-order valence-electron chi connectivity index (χ1n) is 6.72. The average Bonchev–Trinajstić information content (AvgIpc) is 2.47. The SMILES string of the molecule is Cc1cc(C(=O)NCCN2CCSCC2)cc(NN)n1. The summed E-state index contributed by atoms with van der Waals surface area (Å²) in [5.41, 5.74) is 3.81. The second kappa shape index (κ2) is 7.47. The summed E-state index contributed by atoms with van der Waals surface area (Å²) in [7, 11) is 0. The Morgan fingerprint density at radius 3 is 2.90 bits per heavy atom. The Morgan fingerprint density at radius 2 is 2.20 bits per heavy atom. The number of thioether (sulfide) groups is 1. The first kappa shape index (κ1) is 15.1. The molecule has 2 rings (SSSR count). The van der Waals surface area contributed by atoms with Crippen molar-refractivity contribution in [2.75, 3.05) is 43.1 Å². The summed E-state index contributed by atoms with van der Waals surface area (Å²) in [6.45, 7) is 5.62. The van der Waals surface area contributed by atoms with Gasteiger partial charge in [0.2, 0.25) is 0 Å². The Hall–Kier alpha value is -1.31. The van der Waals surface area contributed by atoms with Gasteiger partial charge in [0, 0.05) is 48.9 Å². The summed E-state index contributed by atoms with van der Waals surface area (Å²) in [5.74, 6) is 8.12. The number of rotatable bonds is 5. The Kier molecular flexibility index (Phi) is 5.63. The molecule has 1 aliphatic rings. The van der Waals surface area contributed by atoms with Gasteiger partial charge in [-0.2, -0.15) is 11.8 Å². The number of aryl methyl sites for hydroxylation is 1. The topological polar surface area (TPSA) is 83.3 Å². The summed E-state index contributed by atoms with van der Waals surface area (Å²) >= 11 is 1.99. The molecular weight excluding hydrogens is 274 g/mol. The van der Waals surface area contributed by atoms with Crippen LogP contribution in [0.3, 0.4) is 0 Å². The zero-order chi connectivity index (χ0) is 14.4. The second-order valence-corrected chi connectivity index (χ2v) is 5.96. The van der Waals surface area contributed by atoms with Gasteiger partial charge in [0.15, 0.2) is 0 Å². The monoisotopic (exact) mass is 295 g/mol. The number of nitrogens with two attached hydrogens (primary N) is 1. The molecule has 0 atom stereocenters. The fourth-order valence-corrected chi connectivity index (χ4v) is 3.11. The molecule has 6 nitrogen and oxygen atoms in total. The molecular formula is C13H21N5OS. The van der Waals surface area contributed by atoms with Crippen molar-refractivity contribution in [3.63, 3.8) is 0 Å².